The Hall–Kier alpha value is -4.32. The highest BCUT2D eigenvalue weighted by molar-refractivity contribution is 6.00. The normalized spacial score (nSPS) is 10.7. The van der Waals surface area contributed by atoms with Crippen LogP contribution in [0.25, 0.3) is 21.8 Å². The van der Waals surface area contributed by atoms with Gasteiger partial charge in [-0.05, 0) is 44.2 Å². The summed E-state index contributed by atoms with van der Waals surface area (Å²) >= 11 is 0. The Labute approximate surface area is 175 Å². The maximum Gasteiger partial charge on any atom is 0.419 e. The first-order chi connectivity index (χ1) is 15.0. The van der Waals surface area contributed by atoms with Gasteiger partial charge in [0.15, 0.2) is 11.5 Å². The average molecular weight is 418 g/mol. The molecule has 2 heterocycles. The second-order valence-corrected chi connectivity index (χ2v) is 6.50. The minimum Gasteiger partial charge on any atom is -0.490 e. The number of pyridine rings is 1. The van der Waals surface area contributed by atoms with E-state index in [-0.39, 0.29) is 5.39 Å². The maximum absolute atomic E-state index is 12.0. The summed E-state index contributed by atoms with van der Waals surface area (Å²) in [7, 11) is 0. The number of benzene rings is 2. The van der Waals surface area contributed by atoms with E-state index in [1.807, 2.05) is 13.8 Å². The highest BCUT2D eigenvalue weighted by Gasteiger charge is 2.17. The van der Waals surface area contributed by atoms with Crippen molar-refractivity contribution in [3.8, 4) is 17.6 Å². The molecule has 0 amide bonds. The van der Waals surface area contributed by atoms with Gasteiger partial charge >= 0.3 is 11.4 Å². The zero-order valence-corrected chi connectivity index (χ0v) is 16.8. The van der Waals surface area contributed by atoms with Gasteiger partial charge < -0.3 is 19.2 Å². The predicted molar refractivity (Wildman–Crippen MR) is 115 cm³/mol. The first-order valence-corrected chi connectivity index (χ1v) is 9.61. The van der Waals surface area contributed by atoms with Gasteiger partial charge in [-0.2, -0.15) is 5.26 Å². The minimum atomic E-state index is -0.821. The van der Waals surface area contributed by atoms with Crippen LogP contribution in [0.1, 0.15) is 19.4 Å². The fourth-order valence-electron chi connectivity index (χ4n) is 3.31. The van der Waals surface area contributed by atoms with Crippen molar-refractivity contribution in [1.82, 2.24) is 9.97 Å². The average Bonchev–Trinajstić information content (AvgIpc) is 2.76. The van der Waals surface area contributed by atoms with Gasteiger partial charge in [-0.3, -0.25) is 9.97 Å². The van der Waals surface area contributed by atoms with Crippen LogP contribution < -0.4 is 26.2 Å². The molecule has 0 aliphatic carbocycles. The summed E-state index contributed by atoms with van der Waals surface area (Å²) in [5.74, 6) is 0.233. The van der Waals surface area contributed by atoms with Gasteiger partial charge in [0.1, 0.15) is 11.6 Å². The number of aromatic amines is 1. The first kappa shape index (κ1) is 20.0. The number of nitriles is 1. The summed E-state index contributed by atoms with van der Waals surface area (Å²) in [5, 5.41) is 13.7. The number of H-pyrrole nitrogens is 1. The van der Waals surface area contributed by atoms with Crippen LogP contribution in [-0.4, -0.2) is 23.2 Å². The van der Waals surface area contributed by atoms with E-state index < -0.39 is 11.4 Å². The molecule has 0 saturated carbocycles. The number of fused-ring (bicyclic) bond motifs is 2. The second-order valence-electron chi connectivity index (χ2n) is 6.50. The Balaban J connectivity index is 1.89. The number of nitrogens with zero attached hydrogens (tertiary/aromatic N) is 2. The zero-order valence-electron chi connectivity index (χ0n) is 16.8. The monoisotopic (exact) mass is 418 g/mol. The summed E-state index contributed by atoms with van der Waals surface area (Å²) in [4.78, 5) is 30.3. The van der Waals surface area contributed by atoms with Crippen LogP contribution in [0.4, 0.5) is 11.4 Å². The molecule has 2 aromatic carbocycles. The quantitative estimate of drug-likeness (QED) is 0.487. The standard InChI is InChI=1S/C22H18N4O5/c1-3-29-17-8-6-14-18(12(10-23)11-24-19(14)20(17)30-4-2)25-13-5-7-16-15(9-13)21(27)31-22(28)26-16/h5-9,11H,3-4H2,1-2H3,(H,24,25)(H,26,28). The van der Waals surface area contributed by atoms with E-state index in [1.54, 1.807) is 30.3 Å². The van der Waals surface area contributed by atoms with E-state index >= 15 is 0 Å². The first-order valence-electron chi connectivity index (χ1n) is 9.61. The molecule has 4 rings (SSSR count). The van der Waals surface area contributed by atoms with Crippen LogP contribution in [0, 0.1) is 11.3 Å². The molecule has 0 spiro atoms. The van der Waals surface area contributed by atoms with E-state index in [0.29, 0.717) is 58.1 Å². The van der Waals surface area contributed by atoms with Gasteiger partial charge in [0, 0.05) is 17.3 Å². The molecule has 0 saturated heterocycles. The molecular weight excluding hydrogens is 400 g/mol. The third kappa shape index (κ3) is 3.67. The van der Waals surface area contributed by atoms with Crippen molar-refractivity contribution in [2.45, 2.75) is 13.8 Å². The molecule has 31 heavy (non-hydrogen) atoms. The zero-order chi connectivity index (χ0) is 22.0. The van der Waals surface area contributed by atoms with E-state index in [4.69, 9.17) is 9.47 Å². The molecule has 0 radical (unpaired) electrons. The molecule has 156 valence electrons. The van der Waals surface area contributed by atoms with Crippen molar-refractivity contribution in [2.24, 2.45) is 0 Å². The van der Waals surface area contributed by atoms with Crippen LogP contribution in [-0.2, 0) is 0 Å². The lowest BCUT2D eigenvalue weighted by atomic mass is 10.1. The van der Waals surface area contributed by atoms with E-state index in [2.05, 4.69) is 25.8 Å². The van der Waals surface area contributed by atoms with Crippen LogP contribution in [0.15, 0.2) is 50.5 Å². The second kappa shape index (κ2) is 8.20. The molecule has 0 aliphatic rings. The molecule has 4 aromatic rings. The van der Waals surface area contributed by atoms with Gasteiger partial charge in [-0.15, -0.1) is 0 Å². The highest BCUT2D eigenvalue weighted by atomic mass is 16.5. The van der Waals surface area contributed by atoms with Crippen LogP contribution in [0.5, 0.6) is 11.5 Å². The lowest BCUT2D eigenvalue weighted by Gasteiger charge is -2.16. The van der Waals surface area contributed by atoms with Crippen molar-refractivity contribution < 1.29 is 13.9 Å². The molecule has 0 bridgehead atoms. The number of aromatic nitrogens is 2. The van der Waals surface area contributed by atoms with Crippen molar-refractivity contribution in [3.63, 3.8) is 0 Å². The number of nitrogens with one attached hydrogen (secondary N) is 2. The topological polar surface area (TPSA) is 130 Å². The molecule has 2 N–H and O–H groups in total. The van der Waals surface area contributed by atoms with Gasteiger partial charge in [-0.25, -0.2) is 9.59 Å². The van der Waals surface area contributed by atoms with Gasteiger partial charge in [0.25, 0.3) is 0 Å². The van der Waals surface area contributed by atoms with Crippen molar-refractivity contribution in [2.75, 3.05) is 18.5 Å². The Morgan fingerprint density at radius 1 is 1.13 bits per heavy atom. The molecule has 9 heteroatoms. The van der Waals surface area contributed by atoms with Crippen LogP contribution >= 0.6 is 0 Å². The SMILES string of the molecule is CCOc1ccc2c(Nc3ccc4[nH]c(=O)oc(=O)c4c3)c(C#N)cnc2c1OCC. The van der Waals surface area contributed by atoms with Gasteiger partial charge in [-0.1, -0.05) is 0 Å². The molecule has 0 atom stereocenters. The molecule has 0 unspecified atom stereocenters. The number of hydrogen-bond acceptors (Lipinski definition) is 8. The van der Waals surface area contributed by atoms with Crippen molar-refractivity contribution in [1.29, 1.82) is 5.26 Å². The molecule has 0 fully saturated rings. The van der Waals surface area contributed by atoms with E-state index in [1.165, 1.54) is 6.20 Å². The van der Waals surface area contributed by atoms with E-state index in [0.717, 1.165) is 0 Å². The maximum atomic E-state index is 12.0. The summed E-state index contributed by atoms with van der Waals surface area (Å²) in [6, 6.07) is 10.5. The Kier molecular flexibility index (Phi) is 5.28. The van der Waals surface area contributed by atoms with Gasteiger partial charge in [0.05, 0.1) is 35.4 Å². The number of anilines is 2. The predicted octanol–water partition coefficient (Wildman–Crippen LogP) is 3.44. The van der Waals surface area contributed by atoms with Crippen molar-refractivity contribution in [3.05, 3.63) is 63.1 Å². The third-order valence-corrected chi connectivity index (χ3v) is 4.60. The van der Waals surface area contributed by atoms with Crippen LogP contribution in [0.2, 0.25) is 0 Å². The highest BCUT2D eigenvalue weighted by Crippen LogP contribution is 2.39. The number of hydrogen-bond donors (Lipinski definition) is 2. The summed E-state index contributed by atoms with van der Waals surface area (Å²) in [5.41, 5.74) is 1.49. The molecule has 0 aliphatic heterocycles. The molecular formula is C22H18N4O5. The van der Waals surface area contributed by atoms with Crippen molar-refractivity contribution >= 4 is 33.2 Å². The molecule has 9 nitrogen and oxygen atoms in total. The largest absolute Gasteiger partial charge is 0.490 e. The smallest absolute Gasteiger partial charge is 0.419 e. The molecule has 2 aromatic heterocycles. The summed E-state index contributed by atoms with van der Waals surface area (Å²) in [6.45, 7) is 4.63. The fraction of sp³-hybridized carbons (Fsp3) is 0.182. The Morgan fingerprint density at radius 2 is 1.94 bits per heavy atom. The minimum absolute atomic E-state index is 0.204. The van der Waals surface area contributed by atoms with Gasteiger partial charge in [0.2, 0.25) is 0 Å². The van der Waals surface area contributed by atoms with Crippen LogP contribution in [0.3, 0.4) is 0 Å². The summed E-state index contributed by atoms with van der Waals surface area (Å²) < 4.78 is 16.0. The number of ether oxygens (including phenoxy) is 2. The third-order valence-electron chi connectivity index (χ3n) is 4.60. The Morgan fingerprint density at radius 3 is 2.68 bits per heavy atom. The number of rotatable bonds is 6. The summed E-state index contributed by atoms with van der Waals surface area (Å²) in [6.07, 6.45) is 1.45. The fourth-order valence-corrected chi connectivity index (χ4v) is 3.31. The van der Waals surface area contributed by atoms with E-state index in [9.17, 15) is 14.9 Å². The lowest BCUT2D eigenvalue weighted by molar-refractivity contribution is 0.290. The Bertz CT molecular complexity index is 1450. The lowest BCUT2D eigenvalue weighted by Crippen LogP contribution is -2.14.